The molecule has 1 N–H and O–H groups in total. The fourth-order valence-electron chi connectivity index (χ4n) is 4.08. The minimum atomic E-state index is 0.0140. The van der Waals surface area contributed by atoms with Gasteiger partial charge in [0.15, 0.2) is 0 Å². The maximum Gasteiger partial charge on any atom is 0.146 e. The first-order valence-corrected chi connectivity index (χ1v) is 8.03. The summed E-state index contributed by atoms with van der Waals surface area (Å²) in [6, 6.07) is 6.33. The molecule has 2 aliphatic heterocycles. The Kier molecular flexibility index (Phi) is 4.07. The van der Waals surface area contributed by atoms with Crippen LogP contribution in [0, 0.1) is 23.7 Å². The lowest BCUT2D eigenvalue weighted by molar-refractivity contribution is -0.0277. The molecule has 0 amide bonds. The second kappa shape index (κ2) is 5.86. The minimum absolute atomic E-state index is 0.0140. The number of pyridine rings is 1. The van der Waals surface area contributed by atoms with Crippen LogP contribution >= 0.6 is 0 Å². The summed E-state index contributed by atoms with van der Waals surface area (Å²) in [7, 11) is 2.15. The lowest BCUT2D eigenvalue weighted by atomic mass is 9.69. The summed E-state index contributed by atoms with van der Waals surface area (Å²) in [5.41, 5.74) is 1.59. The number of aryl methyl sites for hydroxylation is 1. The van der Waals surface area contributed by atoms with E-state index in [2.05, 4.69) is 27.9 Å². The number of aliphatic hydroxyl groups excluding tert-OH is 1. The summed E-state index contributed by atoms with van der Waals surface area (Å²) in [4.78, 5) is 9.20. The summed E-state index contributed by atoms with van der Waals surface area (Å²) < 4.78 is 0. The molecule has 118 valence electrons. The molecule has 0 saturated carbocycles. The summed E-state index contributed by atoms with van der Waals surface area (Å²) in [5, 5.41) is 19.3. The van der Waals surface area contributed by atoms with Crippen molar-refractivity contribution in [2.75, 3.05) is 38.2 Å². The molecule has 2 fully saturated rings. The van der Waals surface area contributed by atoms with Crippen LogP contribution in [0.4, 0.5) is 5.82 Å². The Hall–Kier alpha value is -1.64. The average Bonchev–Trinajstić information content (AvgIpc) is 2.55. The van der Waals surface area contributed by atoms with Gasteiger partial charge in [-0.3, -0.25) is 0 Å². The highest BCUT2D eigenvalue weighted by Gasteiger charge is 2.46. The van der Waals surface area contributed by atoms with Crippen LogP contribution in [0.15, 0.2) is 12.1 Å². The number of piperidine rings is 2. The largest absolute Gasteiger partial charge is 0.396 e. The van der Waals surface area contributed by atoms with Crippen molar-refractivity contribution in [1.82, 2.24) is 9.88 Å². The first-order valence-electron chi connectivity index (χ1n) is 8.03. The number of likely N-dealkylation sites (tertiary alicyclic amines) is 1. The van der Waals surface area contributed by atoms with Crippen LogP contribution in [0.3, 0.4) is 0 Å². The van der Waals surface area contributed by atoms with Gasteiger partial charge in [-0.05, 0) is 51.9 Å². The number of likely N-dealkylation sites (N-methyl/N-ethyl adjacent to an activating group) is 1. The molecule has 3 rings (SSSR count). The second-order valence-electron chi connectivity index (χ2n) is 6.75. The van der Waals surface area contributed by atoms with E-state index in [4.69, 9.17) is 0 Å². The molecule has 0 radical (unpaired) electrons. The normalized spacial score (nSPS) is 29.0. The molecular formula is C17H24N4O. The highest BCUT2D eigenvalue weighted by molar-refractivity contribution is 5.55. The van der Waals surface area contributed by atoms with Crippen molar-refractivity contribution in [1.29, 1.82) is 5.26 Å². The zero-order valence-corrected chi connectivity index (χ0v) is 13.4. The molecule has 0 aromatic carbocycles. The monoisotopic (exact) mass is 300 g/mol. The summed E-state index contributed by atoms with van der Waals surface area (Å²) >= 11 is 0. The van der Waals surface area contributed by atoms with Crippen LogP contribution in [-0.2, 0) is 0 Å². The van der Waals surface area contributed by atoms with Gasteiger partial charge in [0, 0.05) is 30.2 Å². The minimum Gasteiger partial charge on any atom is -0.396 e. The van der Waals surface area contributed by atoms with Gasteiger partial charge in [-0.25, -0.2) is 4.98 Å². The van der Waals surface area contributed by atoms with Crippen LogP contribution in [0.2, 0.25) is 0 Å². The lowest BCUT2D eigenvalue weighted by Gasteiger charge is -2.53. The SMILES string of the molecule is Cc1ccc(C#N)c(N2CC[C@@]3(CO)CCCN(C)[C@@H]3C2)n1. The number of rotatable bonds is 2. The van der Waals surface area contributed by atoms with E-state index in [1.165, 1.54) is 0 Å². The number of aromatic nitrogens is 1. The third-order valence-corrected chi connectivity index (χ3v) is 5.45. The lowest BCUT2D eigenvalue weighted by Crippen LogP contribution is -2.61. The zero-order chi connectivity index (χ0) is 15.7. The predicted octanol–water partition coefficient (Wildman–Crippen LogP) is 1.54. The molecule has 1 aromatic rings. The van der Waals surface area contributed by atoms with E-state index in [1.54, 1.807) is 0 Å². The number of hydrogen-bond donors (Lipinski definition) is 1. The van der Waals surface area contributed by atoms with Gasteiger partial charge >= 0.3 is 0 Å². The Morgan fingerprint density at radius 3 is 2.95 bits per heavy atom. The Balaban J connectivity index is 1.90. The van der Waals surface area contributed by atoms with Gasteiger partial charge in [-0.1, -0.05) is 0 Å². The Morgan fingerprint density at radius 2 is 2.23 bits per heavy atom. The summed E-state index contributed by atoms with van der Waals surface area (Å²) in [5.74, 6) is 0.799. The number of aliphatic hydroxyl groups is 1. The molecular weight excluding hydrogens is 276 g/mol. The first kappa shape index (κ1) is 15.3. The molecule has 5 nitrogen and oxygen atoms in total. The van der Waals surface area contributed by atoms with Crippen molar-refractivity contribution in [3.8, 4) is 6.07 Å². The molecule has 2 saturated heterocycles. The Labute approximate surface area is 132 Å². The Morgan fingerprint density at radius 1 is 1.41 bits per heavy atom. The van der Waals surface area contributed by atoms with E-state index >= 15 is 0 Å². The third kappa shape index (κ3) is 2.47. The van der Waals surface area contributed by atoms with E-state index in [9.17, 15) is 10.4 Å². The molecule has 0 bridgehead atoms. The maximum absolute atomic E-state index is 9.98. The van der Waals surface area contributed by atoms with Crippen LogP contribution in [-0.4, -0.2) is 54.3 Å². The highest BCUT2D eigenvalue weighted by atomic mass is 16.3. The van der Waals surface area contributed by atoms with Crippen molar-refractivity contribution in [3.63, 3.8) is 0 Å². The number of hydrogen-bond acceptors (Lipinski definition) is 5. The number of nitrogens with zero attached hydrogens (tertiary/aromatic N) is 4. The van der Waals surface area contributed by atoms with Crippen molar-refractivity contribution in [2.24, 2.45) is 5.41 Å². The molecule has 2 aliphatic rings. The number of fused-ring (bicyclic) bond motifs is 1. The van der Waals surface area contributed by atoms with Crippen LogP contribution in [0.1, 0.15) is 30.5 Å². The van der Waals surface area contributed by atoms with Crippen molar-refractivity contribution in [3.05, 3.63) is 23.4 Å². The van der Waals surface area contributed by atoms with Crippen molar-refractivity contribution in [2.45, 2.75) is 32.2 Å². The number of nitriles is 1. The van der Waals surface area contributed by atoms with E-state index in [0.717, 1.165) is 50.4 Å². The first-order chi connectivity index (χ1) is 10.6. The third-order valence-electron chi connectivity index (χ3n) is 5.45. The second-order valence-corrected chi connectivity index (χ2v) is 6.75. The molecule has 2 atom stereocenters. The predicted molar refractivity (Wildman–Crippen MR) is 85.7 cm³/mol. The zero-order valence-electron chi connectivity index (χ0n) is 13.4. The van der Waals surface area contributed by atoms with Gasteiger partial charge in [0.1, 0.15) is 11.9 Å². The van der Waals surface area contributed by atoms with E-state index in [0.29, 0.717) is 11.6 Å². The van der Waals surface area contributed by atoms with E-state index < -0.39 is 0 Å². The summed E-state index contributed by atoms with van der Waals surface area (Å²) in [6.45, 7) is 4.98. The highest BCUT2D eigenvalue weighted by Crippen LogP contribution is 2.42. The molecule has 3 heterocycles. The topological polar surface area (TPSA) is 63.4 Å². The average molecular weight is 300 g/mol. The quantitative estimate of drug-likeness (QED) is 0.897. The van der Waals surface area contributed by atoms with Crippen molar-refractivity contribution < 1.29 is 5.11 Å². The van der Waals surface area contributed by atoms with Gasteiger partial charge in [0.2, 0.25) is 0 Å². The molecule has 0 spiro atoms. The number of anilines is 1. The molecule has 0 aliphatic carbocycles. The van der Waals surface area contributed by atoms with Gasteiger partial charge < -0.3 is 14.9 Å². The molecule has 0 unspecified atom stereocenters. The van der Waals surface area contributed by atoms with Crippen LogP contribution in [0.5, 0.6) is 0 Å². The summed E-state index contributed by atoms with van der Waals surface area (Å²) in [6.07, 6.45) is 3.21. The fourth-order valence-corrected chi connectivity index (χ4v) is 4.08. The van der Waals surface area contributed by atoms with Gasteiger partial charge in [-0.15, -0.1) is 0 Å². The molecule has 22 heavy (non-hydrogen) atoms. The Bertz CT molecular complexity index is 597. The van der Waals surface area contributed by atoms with Crippen molar-refractivity contribution >= 4 is 5.82 Å². The standard InChI is InChI=1S/C17H24N4O/c1-13-4-5-14(10-18)16(19-13)21-9-7-17(12-22)6-3-8-20(2)15(17)11-21/h4-5,15,22H,3,6-9,11-12H2,1-2H3/t15-,17-/m1/s1. The van der Waals surface area contributed by atoms with Crippen LogP contribution in [0.25, 0.3) is 0 Å². The van der Waals surface area contributed by atoms with Gasteiger partial charge in [0.05, 0.1) is 12.2 Å². The van der Waals surface area contributed by atoms with E-state index in [1.807, 2.05) is 19.1 Å². The van der Waals surface area contributed by atoms with E-state index in [-0.39, 0.29) is 12.0 Å². The molecule has 5 heteroatoms. The van der Waals surface area contributed by atoms with Gasteiger partial charge in [0.25, 0.3) is 0 Å². The molecule has 1 aromatic heterocycles. The maximum atomic E-state index is 9.98. The van der Waals surface area contributed by atoms with Crippen LogP contribution < -0.4 is 4.90 Å². The van der Waals surface area contributed by atoms with Gasteiger partial charge in [-0.2, -0.15) is 5.26 Å². The fraction of sp³-hybridized carbons (Fsp3) is 0.647. The smallest absolute Gasteiger partial charge is 0.146 e.